The van der Waals surface area contributed by atoms with Crippen LogP contribution in [-0.4, -0.2) is 5.75 Å². The van der Waals surface area contributed by atoms with Gasteiger partial charge in [-0.05, 0) is 29.5 Å². The Bertz CT molecular complexity index is 754. The van der Waals surface area contributed by atoms with E-state index >= 15 is 4.39 Å². The van der Waals surface area contributed by atoms with Crippen LogP contribution in [0.2, 0.25) is 0 Å². The molecule has 3 aromatic carbocycles. The maximum absolute atomic E-state index is 15.0. The Balaban J connectivity index is 1.72. The van der Waals surface area contributed by atoms with Crippen LogP contribution in [0.4, 0.5) is 4.39 Å². The minimum absolute atomic E-state index is 0.106. The summed E-state index contributed by atoms with van der Waals surface area (Å²) in [7, 11) is 0. The average Bonchev–Trinajstić information content (AvgIpc) is 2.68. The van der Waals surface area contributed by atoms with Crippen molar-refractivity contribution >= 4 is 17.3 Å². The van der Waals surface area contributed by atoms with E-state index in [1.54, 1.807) is 0 Å². The van der Waals surface area contributed by atoms with Crippen molar-refractivity contribution in [3.8, 4) is 0 Å². The molecular weight excluding hydrogens is 327 g/mol. The summed E-state index contributed by atoms with van der Waals surface area (Å²) < 4.78 is 15.0. The van der Waals surface area contributed by atoms with E-state index in [9.17, 15) is 0 Å². The highest BCUT2D eigenvalue weighted by Crippen LogP contribution is 2.33. The molecule has 0 fully saturated rings. The quantitative estimate of drug-likeness (QED) is 0.426. The van der Waals surface area contributed by atoms with Crippen LogP contribution in [0, 0.1) is 0 Å². The molecule has 0 aliphatic carbocycles. The minimum atomic E-state index is -0.106. The van der Waals surface area contributed by atoms with E-state index in [-0.39, 0.29) is 5.16 Å². The van der Waals surface area contributed by atoms with Crippen molar-refractivity contribution in [2.45, 2.75) is 12.8 Å². The first-order valence-electron chi connectivity index (χ1n) is 8.52. The maximum Gasteiger partial charge on any atom is 0.164 e. The molecule has 0 unspecified atom stereocenters. The molecule has 0 amide bonds. The summed E-state index contributed by atoms with van der Waals surface area (Å²) in [5, 5.41) is -0.106. The number of hydrogen-bond acceptors (Lipinski definition) is 1. The average molecular weight is 348 g/mol. The number of benzene rings is 3. The molecule has 0 atom stereocenters. The summed E-state index contributed by atoms with van der Waals surface area (Å²) in [5.74, 6) is 0.768. The summed E-state index contributed by atoms with van der Waals surface area (Å²) in [6.07, 6.45) is 1.94. The van der Waals surface area contributed by atoms with Crippen molar-refractivity contribution in [1.29, 1.82) is 0 Å². The van der Waals surface area contributed by atoms with Crippen LogP contribution in [-0.2, 0) is 6.42 Å². The van der Waals surface area contributed by atoms with Gasteiger partial charge in [0.05, 0.1) is 0 Å². The minimum Gasteiger partial charge on any atom is -0.199 e. The molecule has 0 N–H and O–H groups in total. The molecule has 0 aliphatic heterocycles. The fourth-order valence-electron chi connectivity index (χ4n) is 2.76. The van der Waals surface area contributed by atoms with Crippen molar-refractivity contribution in [3.63, 3.8) is 0 Å². The van der Waals surface area contributed by atoms with E-state index in [1.165, 1.54) is 17.3 Å². The van der Waals surface area contributed by atoms with Crippen molar-refractivity contribution < 1.29 is 4.39 Å². The lowest BCUT2D eigenvalue weighted by atomic mass is 9.99. The smallest absolute Gasteiger partial charge is 0.164 e. The number of aryl methyl sites for hydroxylation is 1. The van der Waals surface area contributed by atoms with Crippen molar-refractivity contribution in [2.75, 3.05) is 5.75 Å². The zero-order chi connectivity index (χ0) is 17.3. The molecule has 0 heterocycles. The molecule has 0 spiro atoms. The molecule has 0 bridgehead atoms. The summed E-state index contributed by atoms with van der Waals surface area (Å²) in [4.78, 5) is 0. The predicted molar refractivity (Wildman–Crippen MR) is 107 cm³/mol. The van der Waals surface area contributed by atoms with Crippen LogP contribution in [0.25, 0.3) is 5.57 Å². The second-order valence-corrected chi connectivity index (χ2v) is 6.87. The standard InChI is InChI=1S/C23H21FS/c24-23(25-18-10-13-19-11-4-1-5-12-19)22(20-14-6-2-7-15-20)21-16-8-3-9-17-21/h1-9,11-12,14-17H,10,13,18H2. The van der Waals surface area contributed by atoms with E-state index in [4.69, 9.17) is 0 Å². The number of hydrogen-bond donors (Lipinski definition) is 0. The maximum atomic E-state index is 15.0. The third-order valence-electron chi connectivity index (χ3n) is 4.00. The second kappa shape index (κ2) is 9.24. The van der Waals surface area contributed by atoms with Crippen LogP contribution < -0.4 is 0 Å². The molecule has 0 saturated heterocycles. The zero-order valence-corrected chi connectivity index (χ0v) is 14.9. The fourth-order valence-corrected chi connectivity index (χ4v) is 3.61. The molecule has 25 heavy (non-hydrogen) atoms. The van der Waals surface area contributed by atoms with Gasteiger partial charge in [0.1, 0.15) is 0 Å². The fraction of sp³-hybridized carbons (Fsp3) is 0.130. The first kappa shape index (κ1) is 17.5. The van der Waals surface area contributed by atoms with Crippen LogP contribution >= 0.6 is 11.8 Å². The summed E-state index contributed by atoms with van der Waals surface area (Å²) >= 11 is 1.31. The van der Waals surface area contributed by atoms with Crippen LogP contribution in [0.15, 0.2) is 96.2 Å². The van der Waals surface area contributed by atoms with Gasteiger partial charge in [0, 0.05) is 11.3 Å². The van der Waals surface area contributed by atoms with Gasteiger partial charge in [0.15, 0.2) is 5.16 Å². The normalized spacial score (nSPS) is 10.4. The number of thioether (sulfide) groups is 1. The molecule has 3 rings (SSSR count). The summed E-state index contributed by atoms with van der Waals surface area (Å²) in [6.45, 7) is 0. The van der Waals surface area contributed by atoms with Crippen molar-refractivity contribution in [1.82, 2.24) is 0 Å². The van der Waals surface area contributed by atoms with E-state index in [0.29, 0.717) is 5.57 Å². The monoisotopic (exact) mass is 348 g/mol. The lowest BCUT2D eigenvalue weighted by molar-refractivity contribution is 0.702. The number of halogens is 1. The Hall–Kier alpha value is -2.32. The molecule has 0 aromatic heterocycles. The van der Waals surface area contributed by atoms with Gasteiger partial charge in [-0.1, -0.05) is 103 Å². The van der Waals surface area contributed by atoms with E-state index in [1.807, 2.05) is 78.9 Å². The molecule has 0 radical (unpaired) electrons. The Morgan fingerprint density at radius 3 is 1.68 bits per heavy atom. The van der Waals surface area contributed by atoms with Crippen LogP contribution in [0.5, 0.6) is 0 Å². The Labute approximate surface area is 153 Å². The van der Waals surface area contributed by atoms with Crippen molar-refractivity contribution in [3.05, 3.63) is 113 Å². The van der Waals surface area contributed by atoms with Gasteiger partial charge in [-0.25, -0.2) is 0 Å². The van der Waals surface area contributed by atoms with Crippen LogP contribution in [0.1, 0.15) is 23.1 Å². The second-order valence-electron chi connectivity index (χ2n) is 5.82. The molecule has 2 heteroatoms. The lowest BCUT2D eigenvalue weighted by Crippen LogP contribution is -1.92. The topological polar surface area (TPSA) is 0 Å². The van der Waals surface area contributed by atoms with E-state index in [2.05, 4.69) is 12.1 Å². The summed E-state index contributed by atoms with van der Waals surface area (Å²) in [5.41, 5.74) is 3.83. The highest BCUT2D eigenvalue weighted by atomic mass is 32.2. The number of rotatable bonds is 7. The van der Waals surface area contributed by atoms with Crippen LogP contribution in [0.3, 0.4) is 0 Å². The third kappa shape index (κ3) is 5.07. The molecule has 0 nitrogen and oxygen atoms in total. The first-order valence-corrected chi connectivity index (χ1v) is 9.50. The van der Waals surface area contributed by atoms with E-state index in [0.717, 1.165) is 29.7 Å². The van der Waals surface area contributed by atoms with Crippen molar-refractivity contribution in [2.24, 2.45) is 0 Å². The highest BCUT2D eigenvalue weighted by molar-refractivity contribution is 8.03. The van der Waals surface area contributed by atoms with Gasteiger partial charge in [-0.3, -0.25) is 0 Å². The first-order chi connectivity index (χ1) is 12.3. The Morgan fingerprint density at radius 1 is 0.680 bits per heavy atom. The van der Waals surface area contributed by atoms with Gasteiger partial charge in [-0.2, -0.15) is 4.39 Å². The highest BCUT2D eigenvalue weighted by Gasteiger charge is 2.12. The zero-order valence-electron chi connectivity index (χ0n) is 14.1. The van der Waals surface area contributed by atoms with Gasteiger partial charge < -0.3 is 0 Å². The predicted octanol–water partition coefficient (Wildman–Crippen LogP) is 6.74. The SMILES string of the molecule is FC(SCCCc1ccccc1)=C(c1ccccc1)c1ccccc1. The summed E-state index contributed by atoms with van der Waals surface area (Å²) in [6, 6.07) is 29.9. The third-order valence-corrected chi connectivity index (χ3v) is 4.95. The molecular formula is C23H21FS. The van der Waals surface area contributed by atoms with Gasteiger partial charge in [-0.15, -0.1) is 0 Å². The Morgan fingerprint density at radius 2 is 1.16 bits per heavy atom. The van der Waals surface area contributed by atoms with Gasteiger partial charge in [0.2, 0.25) is 0 Å². The van der Waals surface area contributed by atoms with Gasteiger partial charge in [0.25, 0.3) is 0 Å². The largest absolute Gasteiger partial charge is 0.199 e. The van der Waals surface area contributed by atoms with Gasteiger partial charge >= 0.3 is 0 Å². The molecule has 126 valence electrons. The lowest BCUT2D eigenvalue weighted by Gasteiger charge is -2.10. The Kier molecular flexibility index (Phi) is 6.47. The molecule has 0 aliphatic rings. The molecule has 3 aromatic rings. The molecule has 0 saturated carbocycles. The van der Waals surface area contributed by atoms with E-state index < -0.39 is 0 Å².